The van der Waals surface area contributed by atoms with E-state index in [0.29, 0.717) is 10.7 Å². The Kier molecular flexibility index (Phi) is 5.60. The Bertz CT molecular complexity index is 1280. The van der Waals surface area contributed by atoms with Gasteiger partial charge in [-0.25, -0.2) is 8.42 Å². The summed E-state index contributed by atoms with van der Waals surface area (Å²) >= 11 is 12.5. The van der Waals surface area contributed by atoms with E-state index in [9.17, 15) is 13.2 Å². The zero-order chi connectivity index (χ0) is 22.4. The smallest absolute Gasteiger partial charge is 0.257 e. The van der Waals surface area contributed by atoms with E-state index in [0.717, 1.165) is 35.8 Å². The Balaban J connectivity index is 1.58. The van der Waals surface area contributed by atoms with Crippen molar-refractivity contribution in [1.29, 1.82) is 0 Å². The van der Waals surface area contributed by atoms with E-state index in [1.54, 1.807) is 18.2 Å². The van der Waals surface area contributed by atoms with Crippen molar-refractivity contribution in [3.05, 3.63) is 81.8 Å². The number of benzene rings is 3. The Morgan fingerprint density at radius 3 is 2.23 bits per heavy atom. The van der Waals surface area contributed by atoms with Crippen molar-refractivity contribution >= 4 is 44.6 Å². The minimum atomic E-state index is -3.41. The first kappa shape index (κ1) is 21.8. The number of halogens is 2. The molecule has 1 amide bonds. The predicted octanol–water partition coefficient (Wildman–Crippen LogP) is 5.26. The highest BCUT2D eigenvalue weighted by atomic mass is 35.5. The van der Waals surface area contributed by atoms with Gasteiger partial charge in [-0.05, 0) is 60.4 Å². The lowest BCUT2D eigenvalue weighted by Gasteiger charge is -2.13. The van der Waals surface area contributed by atoms with Crippen molar-refractivity contribution < 1.29 is 13.2 Å². The largest absolute Gasteiger partial charge is 0.322 e. The van der Waals surface area contributed by atoms with E-state index in [1.165, 1.54) is 18.2 Å². The highest BCUT2D eigenvalue weighted by molar-refractivity contribution is 7.90. The van der Waals surface area contributed by atoms with Gasteiger partial charge in [0.1, 0.15) is 0 Å². The van der Waals surface area contributed by atoms with Crippen molar-refractivity contribution in [3.8, 4) is 11.1 Å². The summed E-state index contributed by atoms with van der Waals surface area (Å²) < 4.78 is 23.3. The summed E-state index contributed by atoms with van der Waals surface area (Å²) in [5.74, 6) is -0.451. The molecular formula is C23H20Cl2N2O3S. The molecule has 1 aliphatic rings. The fourth-order valence-electron chi connectivity index (χ4n) is 3.34. The molecule has 1 fully saturated rings. The number of nitrogens with one attached hydrogen (secondary N) is 1. The number of hydrogen-bond acceptors (Lipinski definition) is 4. The van der Waals surface area contributed by atoms with Crippen LogP contribution in [0.15, 0.2) is 65.6 Å². The first-order valence-corrected chi connectivity index (χ1v) is 12.2. The zero-order valence-electron chi connectivity index (χ0n) is 16.7. The first-order valence-electron chi connectivity index (χ1n) is 9.57. The summed E-state index contributed by atoms with van der Waals surface area (Å²) in [5.41, 5.74) is 9.53. The molecule has 31 heavy (non-hydrogen) atoms. The quantitative estimate of drug-likeness (QED) is 0.527. The molecule has 3 aromatic rings. The Hall–Kier alpha value is -2.38. The van der Waals surface area contributed by atoms with E-state index < -0.39 is 15.7 Å². The number of anilines is 1. The fraction of sp³-hybridized carbons (Fsp3) is 0.174. The number of carbonyl (C=O) groups is 1. The van der Waals surface area contributed by atoms with Gasteiger partial charge in [-0.2, -0.15) is 0 Å². The van der Waals surface area contributed by atoms with Crippen LogP contribution in [0.4, 0.5) is 5.69 Å². The molecule has 0 bridgehead atoms. The van der Waals surface area contributed by atoms with Gasteiger partial charge in [-0.3, -0.25) is 4.79 Å². The van der Waals surface area contributed by atoms with E-state index in [4.69, 9.17) is 28.9 Å². The summed E-state index contributed by atoms with van der Waals surface area (Å²) in [6.07, 6.45) is 3.06. The Morgan fingerprint density at radius 2 is 1.65 bits per heavy atom. The molecule has 0 aliphatic heterocycles. The first-order chi connectivity index (χ1) is 14.6. The van der Waals surface area contributed by atoms with Crippen LogP contribution >= 0.6 is 23.2 Å². The number of amides is 1. The van der Waals surface area contributed by atoms with Crippen LogP contribution < -0.4 is 11.1 Å². The molecule has 0 atom stereocenters. The van der Waals surface area contributed by atoms with Crippen molar-refractivity contribution in [3.63, 3.8) is 0 Å². The molecule has 3 aromatic carbocycles. The van der Waals surface area contributed by atoms with Gasteiger partial charge in [0.25, 0.3) is 5.91 Å². The van der Waals surface area contributed by atoms with Gasteiger partial charge in [0.05, 0.1) is 15.5 Å². The van der Waals surface area contributed by atoms with Crippen molar-refractivity contribution in [1.82, 2.24) is 0 Å². The lowest BCUT2D eigenvalue weighted by Crippen LogP contribution is -2.18. The van der Waals surface area contributed by atoms with E-state index in [-0.39, 0.29) is 21.0 Å². The van der Waals surface area contributed by atoms with Gasteiger partial charge < -0.3 is 11.1 Å². The van der Waals surface area contributed by atoms with Gasteiger partial charge in [0.2, 0.25) is 0 Å². The zero-order valence-corrected chi connectivity index (χ0v) is 19.0. The molecule has 8 heteroatoms. The molecule has 0 spiro atoms. The summed E-state index contributed by atoms with van der Waals surface area (Å²) in [6.45, 7) is 0. The van der Waals surface area contributed by atoms with Gasteiger partial charge in [-0.1, -0.05) is 47.5 Å². The second-order valence-corrected chi connectivity index (χ2v) is 10.6. The third-order valence-electron chi connectivity index (χ3n) is 5.40. The topological polar surface area (TPSA) is 89.3 Å². The normalized spacial score (nSPS) is 14.8. The van der Waals surface area contributed by atoms with Crippen molar-refractivity contribution in [2.24, 2.45) is 5.73 Å². The molecule has 0 aromatic heterocycles. The summed E-state index contributed by atoms with van der Waals surface area (Å²) in [5, 5.41) is 3.40. The van der Waals surface area contributed by atoms with Crippen LogP contribution in [0, 0.1) is 0 Å². The average molecular weight is 475 g/mol. The third-order valence-corrected chi connectivity index (χ3v) is 7.15. The van der Waals surface area contributed by atoms with Gasteiger partial charge in [0, 0.05) is 28.1 Å². The molecule has 4 rings (SSSR count). The molecule has 1 saturated carbocycles. The van der Waals surface area contributed by atoms with Crippen LogP contribution in [0.2, 0.25) is 10.0 Å². The maximum absolute atomic E-state index is 12.7. The lowest BCUT2D eigenvalue weighted by atomic mass is 9.99. The summed E-state index contributed by atoms with van der Waals surface area (Å²) in [7, 11) is -3.41. The van der Waals surface area contributed by atoms with Crippen molar-refractivity contribution in [2.75, 3.05) is 11.6 Å². The van der Waals surface area contributed by atoms with Crippen LogP contribution in [0.25, 0.3) is 11.1 Å². The molecular weight excluding hydrogens is 455 g/mol. The Morgan fingerprint density at radius 1 is 0.968 bits per heavy atom. The number of sulfone groups is 1. The molecule has 3 N–H and O–H groups in total. The van der Waals surface area contributed by atoms with Gasteiger partial charge in [-0.15, -0.1) is 0 Å². The van der Waals surface area contributed by atoms with Crippen LogP contribution in [0.3, 0.4) is 0 Å². The molecule has 0 heterocycles. The highest BCUT2D eigenvalue weighted by Gasteiger charge is 2.39. The second kappa shape index (κ2) is 7.95. The fourth-order valence-corrected chi connectivity index (χ4v) is 4.54. The minimum Gasteiger partial charge on any atom is -0.322 e. The molecule has 0 saturated heterocycles. The summed E-state index contributed by atoms with van der Waals surface area (Å²) in [6, 6.07) is 17.1. The number of rotatable bonds is 5. The SMILES string of the molecule is CS(=O)(=O)c1ccc(C(=O)Nc2ccc(Cl)c(-c3ccc(C4(N)CC4)cc3)c2)c(Cl)c1. The lowest BCUT2D eigenvalue weighted by molar-refractivity contribution is 0.102. The van der Waals surface area contributed by atoms with Crippen LogP contribution in [-0.4, -0.2) is 20.6 Å². The number of carbonyl (C=O) groups excluding carboxylic acids is 1. The molecule has 160 valence electrons. The molecule has 0 radical (unpaired) electrons. The molecule has 1 aliphatic carbocycles. The van der Waals surface area contributed by atoms with E-state index in [1.807, 2.05) is 24.3 Å². The van der Waals surface area contributed by atoms with E-state index in [2.05, 4.69) is 5.32 Å². The van der Waals surface area contributed by atoms with Gasteiger partial charge in [0.15, 0.2) is 9.84 Å². The third kappa shape index (κ3) is 4.62. The van der Waals surface area contributed by atoms with E-state index >= 15 is 0 Å². The molecule has 0 unspecified atom stereocenters. The van der Waals surface area contributed by atoms with Gasteiger partial charge >= 0.3 is 0 Å². The predicted molar refractivity (Wildman–Crippen MR) is 125 cm³/mol. The Labute approximate surface area is 191 Å². The van der Waals surface area contributed by atoms with Crippen LogP contribution in [-0.2, 0) is 15.4 Å². The second-order valence-electron chi connectivity index (χ2n) is 7.80. The summed E-state index contributed by atoms with van der Waals surface area (Å²) in [4.78, 5) is 12.8. The number of nitrogens with two attached hydrogens (primary N) is 1. The minimum absolute atomic E-state index is 0.0525. The maximum atomic E-state index is 12.7. The standard InChI is InChI=1S/C23H20Cl2N2O3S/c1-31(29,30)17-7-8-18(21(25)13-17)22(28)27-16-6-9-20(24)19(12-16)14-2-4-15(5-3-14)23(26)10-11-23/h2-9,12-13H,10-11,26H2,1H3,(H,27,28). The maximum Gasteiger partial charge on any atom is 0.257 e. The van der Waals surface area contributed by atoms with Crippen LogP contribution in [0.1, 0.15) is 28.8 Å². The average Bonchev–Trinajstić information content (AvgIpc) is 3.47. The molecule has 5 nitrogen and oxygen atoms in total. The monoisotopic (exact) mass is 474 g/mol. The number of hydrogen-bond donors (Lipinski definition) is 2. The van der Waals surface area contributed by atoms with Crippen molar-refractivity contribution in [2.45, 2.75) is 23.3 Å². The van der Waals surface area contributed by atoms with Crippen LogP contribution in [0.5, 0.6) is 0 Å². The highest BCUT2D eigenvalue weighted by Crippen LogP contribution is 2.43.